The second kappa shape index (κ2) is 6.68. The van der Waals surface area contributed by atoms with Crippen LogP contribution in [0.25, 0.3) is 22.2 Å². The van der Waals surface area contributed by atoms with Gasteiger partial charge in [0.05, 0.1) is 11.3 Å². The van der Waals surface area contributed by atoms with Gasteiger partial charge in [0.15, 0.2) is 6.29 Å². The standard InChI is InChI=1S/C19H17NO4/c1-12(23-2)24-17-10-6-9-14-15(19(21)22)11-16(20-18(14)17)13-7-4-3-5-8-13/h3-12H,1-2H3,(H,21,22). The second-order valence-corrected chi connectivity index (χ2v) is 5.30. The lowest BCUT2D eigenvalue weighted by molar-refractivity contribution is -0.0374. The fourth-order valence-electron chi connectivity index (χ4n) is 2.48. The zero-order valence-corrected chi connectivity index (χ0v) is 13.4. The molecule has 3 rings (SSSR count). The average Bonchev–Trinajstić information content (AvgIpc) is 2.61. The molecule has 0 spiro atoms. The van der Waals surface area contributed by atoms with E-state index in [1.165, 1.54) is 0 Å². The Morgan fingerprint density at radius 2 is 1.88 bits per heavy atom. The Hall–Kier alpha value is -2.92. The molecule has 1 unspecified atom stereocenters. The molecule has 1 atom stereocenters. The van der Waals surface area contributed by atoms with E-state index in [1.54, 1.807) is 38.3 Å². The maximum absolute atomic E-state index is 11.7. The van der Waals surface area contributed by atoms with E-state index in [2.05, 4.69) is 4.98 Å². The van der Waals surface area contributed by atoms with E-state index in [1.807, 2.05) is 30.3 Å². The Kier molecular flexibility index (Phi) is 4.44. The minimum atomic E-state index is -1.00. The Labute approximate surface area is 139 Å². The Balaban J connectivity index is 2.25. The number of hydrogen-bond acceptors (Lipinski definition) is 4. The summed E-state index contributed by atoms with van der Waals surface area (Å²) in [6.07, 6.45) is -0.467. The Morgan fingerprint density at radius 1 is 1.12 bits per heavy atom. The van der Waals surface area contributed by atoms with Gasteiger partial charge < -0.3 is 14.6 Å². The van der Waals surface area contributed by atoms with Crippen LogP contribution in [0.2, 0.25) is 0 Å². The molecule has 3 aromatic rings. The van der Waals surface area contributed by atoms with E-state index < -0.39 is 12.3 Å². The number of benzene rings is 2. The minimum absolute atomic E-state index is 0.189. The van der Waals surface area contributed by atoms with Gasteiger partial charge >= 0.3 is 5.97 Å². The monoisotopic (exact) mass is 323 g/mol. The molecule has 1 aromatic heterocycles. The first kappa shape index (κ1) is 16.0. The van der Waals surface area contributed by atoms with Crippen molar-refractivity contribution in [3.63, 3.8) is 0 Å². The molecule has 0 saturated carbocycles. The number of rotatable bonds is 5. The van der Waals surface area contributed by atoms with Gasteiger partial charge in [0, 0.05) is 18.1 Å². The zero-order valence-electron chi connectivity index (χ0n) is 13.4. The molecule has 0 amide bonds. The number of aromatic carboxylic acids is 1. The number of methoxy groups -OCH3 is 1. The molecule has 1 N–H and O–H groups in total. The maximum atomic E-state index is 11.7. The van der Waals surface area contributed by atoms with Gasteiger partial charge in [0.1, 0.15) is 11.3 Å². The van der Waals surface area contributed by atoms with Crippen molar-refractivity contribution in [2.24, 2.45) is 0 Å². The lowest BCUT2D eigenvalue weighted by atomic mass is 10.0. The van der Waals surface area contributed by atoms with Crippen LogP contribution < -0.4 is 4.74 Å². The Bertz CT molecular complexity index is 877. The van der Waals surface area contributed by atoms with Crippen molar-refractivity contribution in [3.05, 3.63) is 60.2 Å². The number of carboxylic acids is 1. The molecular weight excluding hydrogens is 306 g/mol. The molecule has 0 aliphatic rings. The van der Waals surface area contributed by atoms with E-state index in [9.17, 15) is 9.90 Å². The molecule has 5 nitrogen and oxygen atoms in total. The number of hydrogen-bond donors (Lipinski definition) is 1. The van der Waals surface area contributed by atoms with Gasteiger partial charge in [-0.1, -0.05) is 42.5 Å². The predicted molar refractivity (Wildman–Crippen MR) is 91.2 cm³/mol. The lowest BCUT2D eigenvalue weighted by Crippen LogP contribution is -2.14. The third-order valence-electron chi connectivity index (χ3n) is 3.73. The summed E-state index contributed by atoms with van der Waals surface area (Å²) >= 11 is 0. The number of ether oxygens (including phenoxy) is 2. The van der Waals surface area contributed by atoms with Gasteiger partial charge in [-0.3, -0.25) is 0 Å². The summed E-state index contributed by atoms with van der Waals surface area (Å²) in [5.74, 6) is -0.515. The first-order chi connectivity index (χ1) is 11.6. The highest BCUT2D eigenvalue weighted by atomic mass is 16.7. The molecule has 24 heavy (non-hydrogen) atoms. The topological polar surface area (TPSA) is 68.7 Å². The van der Waals surface area contributed by atoms with Crippen molar-refractivity contribution >= 4 is 16.9 Å². The van der Waals surface area contributed by atoms with E-state index in [-0.39, 0.29) is 5.56 Å². The number of nitrogens with zero attached hydrogens (tertiary/aromatic N) is 1. The molecular formula is C19H17NO4. The Morgan fingerprint density at radius 3 is 2.54 bits per heavy atom. The smallest absolute Gasteiger partial charge is 0.336 e. The van der Waals surface area contributed by atoms with Crippen LogP contribution in [0.4, 0.5) is 0 Å². The summed E-state index contributed by atoms with van der Waals surface area (Å²) in [5, 5.41) is 10.1. The predicted octanol–water partition coefficient (Wildman–Crippen LogP) is 3.97. The number of fused-ring (bicyclic) bond motifs is 1. The van der Waals surface area contributed by atoms with Crippen molar-refractivity contribution < 1.29 is 19.4 Å². The summed E-state index contributed by atoms with van der Waals surface area (Å²) in [5.41, 5.74) is 2.12. The molecule has 1 heterocycles. The van der Waals surface area contributed by atoms with Gasteiger partial charge in [0.25, 0.3) is 0 Å². The van der Waals surface area contributed by atoms with Crippen LogP contribution in [0.15, 0.2) is 54.6 Å². The third-order valence-corrected chi connectivity index (χ3v) is 3.73. The average molecular weight is 323 g/mol. The highest BCUT2D eigenvalue weighted by Gasteiger charge is 2.16. The first-order valence-corrected chi connectivity index (χ1v) is 7.52. The van der Waals surface area contributed by atoms with Crippen LogP contribution in [-0.2, 0) is 4.74 Å². The highest BCUT2D eigenvalue weighted by Crippen LogP contribution is 2.31. The van der Waals surface area contributed by atoms with E-state index in [0.717, 1.165) is 5.56 Å². The summed E-state index contributed by atoms with van der Waals surface area (Å²) < 4.78 is 10.9. The maximum Gasteiger partial charge on any atom is 0.336 e. The lowest BCUT2D eigenvalue weighted by Gasteiger charge is -2.15. The molecule has 0 fully saturated rings. The molecule has 0 saturated heterocycles. The molecule has 0 aliphatic heterocycles. The summed E-state index contributed by atoms with van der Waals surface area (Å²) in [6, 6.07) is 16.3. The van der Waals surface area contributed by atoms with E-state index in [4.69, 9.17) is 9.47 Å². The fraction of sp³-hybridized carbons (Fsp3) is 0.158. The van der Waals surface area contributed by atoms with Crippen molar-refractivity contribution in [1.29, 1.82) is 0 Å². The number of aromatic nitrogens is 1. The fourth-order valence-corrected chi connectivity index (χ4v) is 2.48. The largest absolute Gasteiger partial charge is 0.478 e. The van der Waals surface area contributed by atoms with Crippen LogP contribution in [0, 0.1) is 0 Å². The van der Waals surface area contributed by atoms with Crippen LogP contribution in [0.5, 0.6) is 5.75 Å². The first-order valence-electron chi connectivity index (χ1n) is 7.52. The number of pyridine rings is 1. The van der Waals surface area contributed by atoms with Crippen LogP contribution in [-0.4, -0.2) is 29.5 Å². The number of carboxylic acid groups (broad SMARTS) is 1. The van der Waals surface area contributed by atoms with Crippen molar-refractivity contribution in [2.75, 3.05) is 7.11 Å². The van der Waals surface area contributed by atoms with Crippen molar-refractivity contribution in [2.45, 2.75) is 13.2 Å². The van der Waals surface area contributed by atoms with Gasteiger partial charge in [-0.25, -0.2) is 9.78 Å². The molecule has 2 aromatic carbocycles. The molecule has 0 bridgehead atoms. The van der Waals surface area contributed by atoms with E-state index >= 15 is 0 Å². The van der Waals surface area contributed by atoms with Crippen LogP contribution >= 0.6 is 0 Å². The SMILES string of the molecule is COC(C)Oc1cccc2c(C(=O)O)cc(-c3ccccc3)nc12. The van der Waals surface area contributed by atoms with Gasteiger partial charge in [-0.05, 0) is 19.1 Å². The van der Waals surface area contributed by atoms with Gasteiger partial charge in [-0.15, -0.1) is 0 Å². The van der Waals surface area contributed by atoms with Crippen LogP contribution in [0.1, 0.15) is 17.3 Å². The highest BCUT2D eigenvalue weighted by molar-refractivity contribution is 6.05. The molecule has 0 radical (unpaired) electrons. The number of para-hydroxylation sites is 1. The summed E-state index contributed by atoms with van der Waals surface area (Å²) in [7, 11) is 1.54. The third kappa shape index (κ3) is 3.07. The molecule has 5 heteroatoms. The van der Waals surface area contributed by atoms with Crippen molar-refractivity contribution in [3.8, 4) is 17.0 Å². The van der Waals surface area contributed by atoms with E-state index in [0.29, 0.717) is 22.3 Å². The molecule has 0 aliphatic carbocycles. The number of carbonyl (C=O) groups is 1. The quantitative estimate of drug-likeness (QED) is 0.720. The normalized spacial score (nSPS) is 12.1. The van der Waals surface area contributed by atoms with Gasteiger partial charge in [-0.2, -0.15) is 0 Å². The second-order valence-electron chi connectivity index (χ2n) is 5.30. The summed E-state index contributed by atoms with van der Waals surface area (Å²) in [4.78, 5) is 16.3. The zero-order chi connectivity index (χ0) is 17.1. The summed E-state index contributed by atoms with van der Waals surface area (Å²) in [6.45, 7) is 1.76. The minimum Gasteiger partial charge on any atom is -0.478 e. The van der Waals surface area contributed by atoms with Crippen LogP contribution in [0.3, 0.4) is 0 Å². The van der Waals surface area contributed by atoms with Crippen molar-refractivity contribution in [1.82, 2.24) is 4.98 Å². The molecule has 122 valence electrons. The van der Waals surface area contributed by atoms with Gasteiger partial charge in [0.2, 0.25) is 0 Å².